The first-order valence-corrected chi connectivity index (χ1v) is 16.5. The molecule has 0 spiro atoms. The highest BCUT2D eigenvalue weighted by Gasteiger charge is 2.26. The summed E-state index contributed by atoms with van der Waals surface area (Å²) in [5.41, 5.74) is 14.0. The maximum absolute atomic E-state index is 9.30. The molecule has 0 bridgehead atoms. The lowest BCUT2D eigenvalue weighted by molar-refractivity contribution is 0.628. The smallest absolute Gasteiger partial charge is 0.116 e. The number of nitrogens with zero attached hydrogens (tertiary/aromatic N) is 3. The van der Waals surface area contributed by atoms with Gasteiger partial charge in [-0.1, -0.05) is 115 Å². The van der Waals surface area contributed by atoms with Gasteiger partial charge in [-0.05, 0) is 85.6 Å². The third kappa shape index (κ3) is 5.04. The molecule has 1 unspecified atom stereocenters. The number of aromatic nitrogens is 2. The standard InChI is InChI=1S/C44H31N5/c45-40-25-39(33-12-2-7-17-38(33)44(40)49-48-32-21-19-28(20-22-32)30-11-9-23-46-26-30)43-36-15-5-3-13-34(36)42(35-14-4-6-16-37(35)43)31-24-29-10-1-8-18-41(29)47-27-31/h1-21,23-27,32,45,48H,22H2/b45-40?,49-44-. The van der Waals surface area contributed by atoms with Gasteiger partial charge in [-0.15, -0.1) is 0 Å². The molecule has 0 radical (unpaired) electrons. The van der Waals surface area contributed by atoms with E-state index in [0.29, 0.717) is 11.4 Å². The van der Waals surface area contributed by atoms with Crippen molar-refractivity contribution in [2.75, 3.05) is 0 Å². The predicted octanol–water partition coefficient (Wildman–Crippen LogP) is 9.77. The summed E-state index contributed by atoms with van der Waals surface area (Å²) in [7, 11) is 0. The second-order valence-electron chi connectivity index (χ2n) is 12.5. The highest BCUT2D eigenvalue weighted by Crippen LogP contribution is 2.44. The molecule has 2 aliphatic carbocycles. The van der Waals surface area contributed by atoms with E-state index in [-0.39, 0.29) is 6.04 Å². The number of para-hydroxylation sites is 1. The topological polar surface area (TPSA) is 74.0 Å². The van der Waals surface area contributed by atoms with Crippen LogP contribution in [0.25, 0.3) is 54.7 Å². The number of pyridine rings is 2. The number of nitrogens with one attached hydrogen (secondary N) is 2. The molecule has 9 rings (SSSR count). The fraction of sp³-hybridized carbons (Fsp3) is 0.0455. The second-order valence-corrected chi connectivity index (χ2v) is 12.5. The average molecular weight is 630 g/mol. The molecule has 232 valence electrons. The lowest BCUT2D eigenvalue weighted by Crippen LogP contribution is -2.28. The summed E-state index contributed by atoms with van der Waals surface area (Å²) in [5, 5.41) is 19.9. The van der Waals surface area contributed by atoms with E-state index in [1.54, 1.807) is 6.20 Å². The molecular weight excluding hydrogens is 599 g/mol. The third-order valence-electron chi connectivity index (χ3n) is 9.53. The van der Waals surface area contributed by atoms with Crippen LogP contribution in [-0.4, -0.2) is 27.4 Å². The van der Waals surface area contributed by atoms with Gasteiger partial charge < -0.3 is 5.43 Å². The Kier molecular flexibility index (Phi) is 7.02. The van der Waals surface area contributed by atoms with Crippen molar-refractivity contribution in [3.05, 3.63) is 180 Å². The highest BCUT2D eigenvalue weighted by atomic mass is 15.3. The Hall–Kier alpha value is -6.46. The number of hydrazone groups is 1. The molecular formula is C44H31N5. The molecule has 2 aliphatic rings. The number of rotatable bonds is 5. The van der Waals surface area contributed by atoms with Gasteiger partial charge in [0, 0.05) is 35.1 Å². The lowest BCUT2D eigenvalue weighted by atomic mass is 9.80. The molecule has 2 aromatic heterocycles. The fourth-order valence-corrected chi connectivity index (χ4v) is 7.24. The minimum absolute atomic E-state index is 0.0308. The first kappa shape index (κ1) is 28.7. The van der Waals surface area contributed by atoms with Crippen molar-refractivity contribution in [1.29, 1.82) is 5.41 Å². The van der Waals surface area contributed by atoms with Gasteiger partial charge in [-0.2, -0.15) is 5.10 Å². The van der Waals surface area contributed by atoms with Crippen LogP contribution in [-0.2, 0) is 0 Å². The van der Waals surface area contributed by atoms with Crippen molar-refractivity contribution >= 4 is 55.0 Å². The van der Waals surface area contributed by atoms with Gasteiger partial charge >= 0.3 is 0 Å². The normalized spacial score (nSPS) is 16.5. The zero-order valence-corrected chi connectivity index (χ0v) is 26.6. The summed E-state index contributed by atoms with van der Waals surface area (Å²) in [5.74, 6) is 0. The van der Waals surface area contributed by atoms with E-state index in [2.05, 4.69) is 126 Å². The van der Waals surface area contributed by atoms with Crippen LogP contribution in [0.2, 0.25) is 0 Å². The zero-order chi connectivity index (χ0) is 32.7. The third-order valence-corrected chi connectivity index (χ3v) is 9.53. The van der Waals surface area contributed by atoms with E-state index < -0.39 is 0 Å². The van der Waals surface area contributed by atoms with E-state index in [1.807, 2.05) is 36.7 Å². The maximum Gasteiger partial charge on any atom is 0.116 e. The monoisotopic (exact) mass is 629 g/mol. The Bertz CT molecular complexity index is 2520. The van der Waals surface area contributed by atoms with Crippen LogP contribution < -0.4 is 5.43 Å². The minimum atomic E-state index is 0.0308. The summed E-state index contributed by atoms with van der Waals surface area (Å²) in [6.45, 7) is 0. The van der Waals surface area contributed by atoms with Crippen molar-refractivity contribution in [1.82, 2.24) is 15.4 Å². The summed E-state index contributed by atoms with van der Waals surface area (Å²) >= 11 is 0. The summed E-state index contributed by atoms with van der Waals surface area (Å²) in [4.78, 5) is 9.08. The molecule has 0 fully saturated rings. The molecule has 5 aromatic carbocycles. The van der Waals surface area contributed by atoms with Gasteiger partial charge in [-0.3, -0.25) is 15.4 Å². The van der Waals surface area contributed by atoms with E-state index >= 15 is 0 Å². The summed E-state index contributed by atoms with van der Waals surface area (Å²) in [6.07, 6.45) is 14.9. The fourth-order valence-electron chi connectivity index (χ4n) is 7.24. The van der Waals surface area contributed by atoms with Crippen molar-refractivity contribution < 1.29 is 0 Å². The zero-order valence-electron chi connectivity index (χ0n) is 26.6. The van der Waals surface area contributed by atoms with Crippen LogP contribution in [0.1, 0.15) is 28.7 Å². The molecule has 2 N–H and O–H groups in total. The van der Waals surface area contributed by atoms with Crippen molar-refractivity contribution in [2.45, 2.75) is 12.5 Å². The molecule has 0 aliphatic heterocycles. The summed E-state index contributed by atoms with van der Waals surface area (Å²) < 4.78 is 0. The van der Waals surface area contributed by atoms with Crippen LogP contribution in [0.4, 0.5) is 0 Å². The Labute approximate surface area is 284 Å². The van der Waals surface area contributed by atoms with Crippen LogP contribution in [0.15, 0.2) is 163 Å². The molecule has 7 aromatic rings. The molecule has 0 saturated carbocycles. The molecule has 0 saturated heterocycles. The SMILES string of the molecule is N=C1C=C(c2c3ccccc3c(-c3cnc4ccccc4c3)c3ccccc23)c2ccccc2/C1=N/NC1C=CC(c2cccnc2)=CC1. The van der Waals surface area contributed by atoms with E-state index in [1.165, 1.54) is 5.56 Å². The number of hydrogen-bond donors (Lipinski definition) is 2. The first-order valence-electron chi connectivity index (χ1n) is 16.5. The molecule has 0 amide bonds. The van der Waals surface area contributed by atoms with E-state index in [9.17, 15) is 5.41 Å². The lowest BCUT2D eigenvalue weighted by Gasteiger charge is -2.25. The quantitative estimate of drug-likeness (QED) is 0.147. The molecule has 1 atom stereocenters. The van der Waals surface area contributed by atoms with Crippen molar-refractivity contribution in [2.24, 2.45) is 5.10 Å². The van der Waals surface area contributed by atoms with Crippen molar-refractivity contribution in [3.8, 4) is 11.1 Å². The first-order chi connectivity index (χ1) is 24.2. The Balaban J connectivity index is 1.15. The number of hydrogen-bond acceptors (Lipinski definition) is 5. The van der Waals surface area contributed by atoms with Gasteiger partial charge in [0.25, 0.3) is 0 Å². The Morgan fingerprint density at radius 3 is 2.10 bits per heavy atom. The van der Waals surface area contributed by atoms with Crippen LogP contribution >= 0.6 is 0 Å². The number of fused-ring (bicyclic) bond motifs is 4. The summed E-state index contributed by atoms with van der Waals surface area (Å²) in [6, 6.07) is 40.1. The minimum Gasteiger partial charge on any atom is -0.302 e. The molecule has 49 heavy (non-hydrogen) atoms. The maximum atomic E-state index is 9.30. The van der Waals surface area contributed by atoms with Gasteiger partial charge in [-0.25, -0.2) is 0 Å². The van der Waals surface area contributed by atoms with Crippen molar-refractivity contribution in [3.63, 3.8) is 0 Å². The largest absolute Gasteiger partial charge is 0.302 e. The van der Waals surface area contributed by atoms with Crippen LogP contribution in [0.5, 0.6) is 0 Å². The van der Waals surface area contributed by atoms with Gasteiger partial charge in [0.2, 0.25) is 0 Å². The molecule has 5 heteroatoms. The van der Waals surface area contributed by atoms with Gasteiger partial charge in [0.15, 0.2) is 0 Å². The Morgan fingerprint density at radius 2 is 1.39 bits per heavy atom. The average Bonchev–Trinajstić information content (AvgIpc) is 3.17. The van der Waals surface area contributed by atoms with Crippen LogP contribution in [0, 0.1) is 5.41 Å². The van der Waals surface area contributed by atoms with Gasteiger partial charge in [0.1, 0.15) is 5.71 Å². The van der Waals surface area contributed by atoms with Gasteiger partial charge in [0.05, 0.1) is 17.3 Å². The molecule has 2 heterocycles. The van der Waals surface area contributed by atoms with E-state index in [4.69, 9.17) is 10.1 Å². The second kappa shape index (κ2) is 12.0. The molecule has 5 nitrogen and oxygen atoms in total. The highest BCUT2D eigenvalue weighted by molar-refractivity contribution is 6.54. The predicted molar refractivity (Wildman–Crippen MR) is 203 cm³/mol. The Morgan fingerprint density at radius 1 is 0.694 bits per heavy atom. The number of allylic oxidation sites excluding steroid dienone is 3. The van der Waals surface area contributed by atoms with E-state index in [0.717, 1.165) is 77.8 Å². The number of benzene rings is 5. The van der Waals surface area contributed by atoms with Crippen LogP contribution in [0.3, 0.4) is 0 Å².